The first-order valence-electron chi connectivity index (χ1n) is 10.4. The number of benzene rings is 1. The highest BCUT2D eigenvalue weighted by atomic mass is 32.2. The molecule has 0 radical (unpaired) electrons. The SMILES string of the molecule is CC1(C)C(=O)c2c(O)c(=S)c(C(=O)NCc3ccc(F)cc3F)cn2CC1OCCCS(N)=O. The van der Waals surface area contributed by atoms with Crippen molar-refractivity contribution in [3.63, 3.8) is 0 Å². The second-order valence-electron chi connectivity index (χ2n) is 8.49. The summed E-state index contributed by atoms with van der Waals surface area (Å²) in [5.41, 5.74) is -1.03. The number of nitrogens with two attached hydrogens (primary N) is 1. The maximum atomic E-state index is 13.9. The molecule has 2 unspecified atom stereocenters. The quantitative estimate of drug-likeness (QED) is 0.368. The van der Waals surface area contributed by atoms with Gasteiger partial charge in [0.15, 0.2) is 11.5 Å². The summed E-state index contributed by atoms with van der Waals surface area (Å²) in [5, 5.41) is 18.4. The van der Waals surface area contributed by atoms with Crippen molar-refractivity contribution in [3.05, 3.63) is 57.4 Å². The predicted octanol–water partition coefficient (Wildman–Crippen LogP) is 2.75. The van der Waals surface area contributed by atoms with Crippen LogP contribution in [0, 0.1) is 21.6 Å². The van der Waals surface area contributed by atoms with Gasteiger partial charge in [-0.25, -0.2) is 13.0 Å². The van der Waals surface area contributed by atoms with E-state index in [2.05, 4.69) is 5.32 Å². The topological polar surface area (TPSA) is 124 Å². The summed E-state index contributed by atoms with van der Waals surface area (Å²) in [6.45, 7) is 3.51. The molecular formula is C22H25F2N3O5S2. The van der Waals surface area contributed by atoms with E-state index in [0.29, 0.717) is 12.5 Å². The van der Waals surface area contributed by atoms with E-state index in [4.69, 9.17) is 22.1 Å². The number of ether oxygens (including phenoxy) is 1. The number of halogens is 2. The Kier molecular flexibility index (Phi) is 7.96. The van der Waals surface area contributed by atoms with E-state index in [-0.39, 0.29) is 46.8 Å². The summed E-state index contributed by atoms with van der Waals surface area (Å²) >= 11 is 5.22. The van der Waals surface area contributed by atoms with Gasteiger partial charge in [0.2, 0.25) is 0 Å². The zero-order valence-corrected chi connectivity index (χ0v) is 20.2. The maximum absolute atomic E-state index is 13.9. The summed E-state index contributed by atoms with van der Waals surface area (Å²) < 4.78 is 45.1. The van der Waals surface area contributed by atoms with Gasteiger partial charge in [-0.1, -0.05) is 18.3 Å². The molecule has 1 aliphatic heterocycles. The monoisotopic (exact) mass is 513 g/mol. The van der Waals surface area contributed by atoms with Crippen LogP contribution in [-0.4, -0.2) is 44.0 Å². The van der Waals surface area contributed by atoms with Gasteiger partial charge in [0.05, 0.1) is 39.1 Å². The molecule has 2 atom stereocenters. The van der Waals surface area contributed by atoms with Gasteiger partial charge in [-0.05, 0) is 26.3 Å². The molecule has 4 N–H and O–H groups in total. The van der Waals surface area contributed by atoms with E-state index in [0.717, 1.165) is 6.07 Å². The van der Waals surface area contributed by atoms with E-state index >= 15 is 0 Å². The number of rotatable bonds is 8. The molecule has 34 heavy (non-hydrogen) atoms. The van der Waals surface area contributed by atoms with Gasteiger partial charge in [-0.2, -0.15) is 0 Å². The number of carbonyl (C=O) groups excluding carboxylic acids is 2. The average molecular weight is 514 g/mol. The molecule has 1 aromatic carbocycles. The van der Waals surface area contributed by atoms with Crippen molar-refractivity contribution in [2.24, 2.45) is 10.6 Å². The van der Waals surface area contributed by atoms with Crippen molar-refractivity contribution in [3.8, 4) is 5.75 Å². The Morgan fingerprint density at radius 3 is 2.76 bits per heavy atom. The van der Waals surface area contributed by atoms with E-state index in [1.807, 2.05) is 0 Å². The van der Waals surface area contributed by atoms with Crippen LogP contribution < -0.4 is 10.5 Å². The fourth-order valence-corrected chi connectivity index (χ4v) is 4.32. The Morgan fingerprint density at radius 1 is 1.41 bits per heavy atom. The number of fused-ring (bicyclic) bond motifs is 1. The lowest BCUT2D eigenvalue weighted by atomic mass is 9.77. The molecule has 2 aromatic rings. The van der Waals surface area contributed by atoms with Crippen LogP contribution in [0.1, 0.15) is 46.7 Å². The molecule has 0 fully saturated rings. The van der Waals surface area contributed by atoms with Crippen LogP contribution in [0.5, 0.6) is 5.75 Å². The van der Waals surface area contributed by atoms with Crippen LogP contribution in [0.15, 0.2) is 24.4 Å². The van der Waals surface area contributed by atoms with E-state index in [1.54, 1.807) is 13.8 Å². The number of ketones is 1. The van der Waals surface area contributed by atoms with Crippen LogP contribution >= 0.6 is 12.2 Å². The molecule has 0 aliphatic carbocycles. The Hall–Kier alpha value is -2.54. The Labute approximate surface area is 202 Å². The van der Waals surface area contributed by atoms with Crippen molar-refractivity contribution >= 4 is 34.9 Å². The van der Waals surface area contributed by atoms with Crippen molar-refractivity contribution in [1.82, 2.24) is 9.88 Å². The van der Waals surface area contributed by atoms with Crippen LogP contribution in [0.25, 0.3) is 0 Å². The summed E-state index contributed by atoms with van der Waals surface area (Å²) in [6.07, 6.45) is 1.20. The molecule has 184 valence electrons. The molecule has 1 aliphatic rings. The first-order valence-corrected chi connectivity index (χ1v) is 12.2. The molecule has 0 saturated carbocycles. The van der Waals surface area contributed by atoms with Gasteiger partial charge >= 0.3 is 0 Å². The second kappa shape index (κ2) is 10.4. The molecule has 1 aromatic heterocycles. The first-order chi connectivity index (χ1) is 15.9. The van der Waals surface area contributed by atoms with Gasteiger partial charge in [0, 0.05) is 36.7 Å². The molecule has 3 rings (SSSR count). The number of aromatic hydroxyl groups is 1. The lowest BCUT2D eigenvalue weighted by Crippen LogP contribution is -2.48. The third-order valence-electron chi connectivity index (χ3n) is 5.73. The maximum Gasteiger partial charge on any atom is 0.254 e. The van der Waals surface area contributed by atoms with Crippen molar-refractivity contribution in [2.45, 2.75) is 39.5 Å². The Balaban J connectivity index is 1.85. The van der Waals surface area contributed by atoms with Crippen molar-refractivity contribution in [1.29, 1.82) is 0 Å². The first kappa shape index (κ1) is 26.1. The average Bonchev–Trinajstić information content (AvgIpc) is 2.75. The number of hydrogen-bond donors (Lipinski definition) is 3. The number of pyridine rings is 1. The molecule has 12 heteroatoms. The normalized spacial score (nSPS) is 17.8. The van der Waals surface area contributed by atoms with Crippen molar-refractivity contribution in [2.75, 3.05) is 12.4 Å². The third kappa shape index (κ3) is 5.40. The van der Waals surface area contributed by atoms with Crippen LogP contribution in [-0.2, 0) is 28.8 Å². The fraction of sp³-hybridized carbons (Fsp3) is 0.409. The minimum Gasteiger partial charge on any atom is -0.504 e. The summed E-state index contributed by atoms with van der Waals surface area (Å²) in [7, 11) is -1.45. The molecule has 0 bridgehead atoms. The number of hydrogen-bond acceptors (Lipinski definition) is 6. The second-order valence-corrected chi connectivity index (χ2v) is 10.1. The number of nitrogens with zero attached hydrogens (tertiary/aromatic N) is 1. The molecule has 0 spiro atoms. The van der Waals surface area contributed by atoms with E-state index < -0.39 is 51.6 Å². The highest BCUT2D eigenvalue weighted by Gasteiger charge is 2.45. The number of nitrogens with one attached hydrogen (secondary N) is 1. The molecule has 0 saturated heterocycles. The third-order valence-corrected chi connectivity index (χ3v) is 6.84. The number of carbonyl (C=O) groups is 2. The standard InChI is InChI=1S/C22H25F2N3O5S2/c1-22(2)16(32-6-3-7-34(25)31)11-27-10-14(19(33)18(28)17(27)20(22)29)21(30)26-9-12-4-5-13(23)8-15(12)24/h4-5,8,10,16,28H,3,6-7,9,11,25H2,1-2H3,(H,26,30). The van der Waals surface area contributed by atoms with Crippen LogP contribution in [0.3, 0.4) is 0 Å². The molecule has 1 amide bonds. The molecular weight excluding hydrogens is 488 g/mol. The zero-order chi connectivity index (χ0) is 25.2. The summed E-state index contributed by atoms with van der Waals surface area (Å²) in [5.74, 6) is -2.89. The predicted molar refractivity (Wildman–Crippen MR) is 124 cm³/mol. The van der Waals surface area contributed by atoms with Gasteiger partial charge < -0.3 is 19.7 Å². The molecule has 8 nitrogen and oxygen atoms in total. The van der Waals surface area contributed by atoms with Gasteiger partial charge in [-0.3, -0.25) is 14.7 Å². The number of Topliss-reactive ketones (excluding diaryl/α,β-unsaturated/α-hetero) is 1. The number of aromatic nitrogens is 1. The van der Waals surface area contributed by atoms with Gasteiger partial charge in [0.1, 0.15) is 17.3 Å². The number of amides is 1. The zero-order valence-electron chi connectivity index (χ0n) is 18.6. The Bertz CT molecular complexity index is 1220. The van der Waals surface area contributed by atoms with E-state index in [9.17, 15) is 27.7 Å². The van der Waals surface area contributed by atoms with Crippen LogP contribution in [0.2, 0.25) is 0 Å². The van der Waals surface area contributed by atoms with Crippen molar-refractivity contribution < 1.29 is 32.4 Å². The summed E-state index contributed by atoms with van der Waals surface area (Å²) in [4.78, 5) is 25.9. The minimum absolute atomic E-state index is 0.0287. The highest BCUT2D eigenvalue weighted by molar-refractivity contribution is 7.82. The lowest BCUT2D eigenvalue weighted by Gasteiger charge is -2.39. The largest absolute Gasteiger partial charge is 0.504 e. The minimum atomic E-state index is -1.45. The van der Waals surface area contributed by atoms with E-state index in [1.165, 1.54) is 16.8 Å². The fourth-order valence-electron chi connectivity index (χ4n) is 3.68. The van der Waals surface area contributed by atoms with Gasteiger partial charge in [0.25, 0.3) is 5.91 Å². The molecule has 2 heterocycles. The lowest BCUT2D eigenvalue weighted by molar-refractivity contribution is -0.0324. The van der Waals surface area contributed by atoms with Gasteiger partial charge in [-0.15, -0.1) is 0 Å². The smallest absolute Gasteiger partial charge is 0.254 e. The Morgan fingerprint density at radius 2 is 2.12 bits per heavy atom. The highest BCUT2D eigenvalue weighted by Crippen LogP contribution is 2.38. The summed E-state index contributed by atoms with van der Waals surface area (Å²) in [6, 6.07) is 2.99. The van der Waals surface area contributed by atoms with Crippen LogP contribution in [0.4, 0.5) is 8.78 Å².